The van der Waals surface area contributed by atoms with E-state index in [0.29, 0.717) is 6.04 Å². The second-order valence-corrected chi connectivity index (χ2v) is 5.59. The molecule has 0 aliphatic rings. The Morgan fingerprint density at radius 1 is 1.50 bits per heavy atom. The number of aliphatic hydroxyl groups is 1. The monoisotopic (exact) mass is 303 g/mol. The van der Waals surface area contributed by atoms with Crippen LogP contribution in [0.15, 0.2) is 27.6 Å². The first-order valence-corrected chi connectivity index (χ1v) is 7.23. The van der Waals surface area contributed by atoms with Crippen molar-refractivity contribution in [3.63, 3.8) is 0 Å². The van der Waals surface area contributed by atoms with Gasteiger partial charge in [-0.1, -0.05) is 22.9 Å². The highest BCUT2D eigenvalue weighted by molar-refractivity contribution is 9.10. The Bertz CT molecular complexity index is 333. The van der Waals surface area contributed by atoms with E-state index >= 15 is 0 Å². The number of halogens is 1. The zero-order chi connectivity index (χ0) is 12.0. The summed E-state index contributed by atoms with van der Waals surface area (Å²) in [7, 11) is 0. The SMILES string of the molecule is CCNC(C)c1cc(Br)ccc1SCCO. The van der Waals surface area contributed by atoms with Gasteiger partial charge in [0.2, 0.25) is 0 Å². The molecule has 0 fully saturated rings. The first kappa shape index (κ1) is 14.0. The number of nitrogens with one attached hydrogen (secondary N) is 1. The first-order chi connectivity index (χ1) is 7.69. The fraction of sp³-hybridized carbons (Fsp3) is 0.500. The molecule has 1 aromatic rings. The van der Waals surface area contributed by atoms with Gasteiger partial charge in [-0.3, -0.25) is 0 Å². The van der Waals surface area contributed by atoms with E-state index in [9.17, 15) is 0 Å². The molecule has 0 bridgehead atoms. The average molecular weight is 304 g/mol. The molecular weight excluding hydrogens is 286 g/mol. The Hall–Kier alpha value is -0.0300. The summed E-state index contributed by atoms with van der Waals surface area (Å²) in [6.07, 6.45) is 0. The summed E-state index contributed by atoms with van der Waals surface area (Å²) in [4.78, 5) is 1.24. The normalized spacial score (nSPS) is 12.8. The van der Waals surface area contributed by atoms with Crippen molar-refractivity contribution in [2.24, 2.45) is 0 Å². The lowest BCUT2D eigenvalue weighted by Gasteiger charge is -2.17. The van der Waals surface area contributed by atoms with Crippen LogP contribution in [0.3, 0.4) is 0 Å². The molecule has 2 N–H and O–H groups in total. The lowest BCUT2D eigenvalue weighted by atomic mass is 10.1. The molecule has 1 aromatic carbocycles. The van der Waals surface area contributed by atoms with Crippen LogP contribution in [0.2, 0.25) is 0 Å². The summed E-state index contributed by atoms with van der Waals surface area (Å²) in [5.74, 6) is 0.744. The van der Waals surface area contributed by atoms with E-state index in [4.69, 9.17) is 5.11 Å². The zero-order valence-corrected chi connectivity index (χ0v) is 12.1. The summed E-state index contributed by atoms with van der Waals surface area (Å²) in [6.45, 7) is 5.44. The van der Waals surface area contributed by atoms with Crippen molar-refractivity contribution < 1.29 is 5.11 Å². The molecule has 1 rings (SSSR count). The number of hydrogen-bond donors (Lipinski definition) is 2. The van der Waals surface area contributed by atoms with Crippen molar-refractivity contribution in [1.82, 2.24) is 5.32 Å². The first-order valence-electron chi connectivity index (χ1n) is 5.45. The molecule has 16 heavy (non-hydrogen) atoms. The molecule has 0 radical (unpaired) electrons. The maximum Gasteiger partial charge on any atom is 0.0525 e. The van der Waals surface area contributed by atoms with E-state index in [0.717, 1.165) is 16.8 Å². The lowest BCUT2D eigenvalue weighted by Crippen LogP contribution is -2.18. The van der Waals surface area contributed by atoms with Gasteiger partial charge in [0.15, 0.2) is 0 Å². The molecule has 0 aliphatic heterocycles. The molecule has 90 valence electrons. The number of rotatable bonds is 6. The van der Waals surface area contributed by atoms with Crippen molar-refractivity contribution in [2.75, 3.05) is 18.9 Å². The van der Waals surface area contributed by atoms with E-state index in [1.165, 1.54) is 10.5 Å². The molecule has 0 saturated carbocycles. The lowest BCUT2D eigenvalue weighted by molar-refractivity contribution is 0.322. The van der Waals surface area contributed by atoms with Crippen LogP contribution >= 0.6 is 27.7 Å². The van der Waals surface area contributed by atoms with Gasteiger partial charge in [0.1, 0.15) is 0 Å². The van der Waals surface area contributed by atoms with Gasteiger partial charge in [0.25, 0.3) is 0 Å². The van der Waals surface area contributed by atoms with E-state index in [1.54, 1.807) is 11.8 Å². The summed E-state index contributed by atoms with van der Waals surface area (Å²) in [5.41, 5.74) is 1.29. The molecule has 2 nitrogen and oxygen atoms in total. The van der Waals surface area contributed by atoms with Gasteiger partial charge in [-0.05, 0) is 37.2 Å². The van der Waals surface area contributed by atoms with Crippen molar-refractivity contribution >= 4 is 27.7 Å². The van der Waals surface area contributed by atoms with Gasteiger partial charge >= 0.3 is 0 Å². The molecule has 1 unspecified atom stereocenters. The van der Waals surface area contributed by atoms with Crippen LogP contribution in [0.25, 0.3) is 0 Å². The van der Waals surface area contributed by atoms with Crippen LogP contribution in [0.4, 0.5) is 0 Å². The minimum atomic E-state index is 0.218. The van der Waals surface area contributed by atoms with Crippen molar-refractivity contribution in [2.45, 2.75) is 24.8 Å². The Balaban J connectivity index is 2.88. The van der Waals surface area contributed by atoms with Crippen molar-refractivity contribution in [3.8, 4) is 0 Å². The predicted molar refractivity (Wildman–Crippen MR) is 74.0 cm³/mol. The minimum absolute atomic E-state index is 0.218. The van der Waals surface area contributed by atoms with Crippen LogP contribution in [0, 0.1) is 0 Å². The van der Waals surface area contributed by atoms with Crippen molar-refractivity contribution in [1.29, 1.82) is 0 Å². The molecule has 1 atom stereocenters. The standard InChI is InChI=1S/C12H18BrNOS/c1-3-14-9(2)11-8-10(13)4-5-12(11)16-7-6-15/h4-5,8-9,14-15H,3,6-7H2,1-2H3. The summed E-state index contributed by atoms with van der Waals surface area (Å²) >= 11 is 5.20. The van der Waals surface area contributed by atoms with Crippen LogP contribution in [-0.4, -0.2) is 24.0 Å². The molecular formula is C12H18BrNOS. The maximum atomic E-state index is 8.87. The van der Waals surface area contributed by atoms with Gasteiger partial charge in [-0.2, -0.15) is 0 Å². The fourth-order valence-corrected chi connectivity index (χ4v) is 2.82. The molecule has 0 aromatic heterocycles. The van der Waals surface area contributed by atoms with Gasteiger partial charge in [0.05, 0.1) is 6.61 Å². The predicted octanol–water partition coefficient (Wildman–Crippen LogP) is 3.20. The number of thioether (sulfide) groups is 1. The molecule has 0 aliphatic carbocycles. The number of hydrogen-bond acceptors (Lipinski definition) is 3. The van der Waals surface area contributed by atoms with Crippen molar-refractivity contribution in [3.05, 3.63) is 28.2 Å². The van der Waals surface area contributed by atoms with E-state index in [1.807, 2.05) is 6.07 Å². The molecule has 0 spiro atoms. The largest absolute Gasteiger partial charge is 0.396 e. The quantitative estimate of drug-likeness (QED) is 0.792. The highest BCUT2D eigenvalue weighted by atomic mass is 79.9. The topological polar surface area (TPSA) is 32.3 Å². The van der Waals surface area contributed by atoms with Crippen LogP contribution < -0.4 is 5.32 Å². The molecule has 4 heteroatoms. The van der Waals surface area contributed by atoms with E-state index < -0.39 is 0 Å². The van der Waals surface area contributed by atoms with Crippen LogP contribution in [-0.2, 0) is 0 Å². The summed E-state index contributed by atoms with van der Waals surface area (Å²) in [6, 6.07) is 6.63. The molecule has 0 saturated heterocycles. The van der Waals surface area contributed by atoms with Crippen LogP contribution in [0.1, 0.15) is 25.5 Å². The Morgan fingerprint density at radius 2 is 2.25 bits per heavy atom. The number of aliphatic hydroxyl groups excluding tert-OH is 1. The van der Waals surface area contributed by atoms with Crippen LogP contribution in [0.5, 0.6) is 0 Å². The van der Waals surface area contributed by atoms with Gasteiger partial charge in [0, 0.05) is 21.2 Å². The highest BCUT2D eigenvalue weighted by Crippen LogP contribution is 2.30. The van der Waals surface area contributed by atoms with Gasteiger partial charge < -0.3 is 10.4 Å². The highest BCUT2D eigenvalue weighted by Gasteiger charge is 2.10. The number of benzene rings is 1. The third-order valence-electron chi connectivity index (χ3n) is 2.30. The third kappa shape index (κ3) is 4.09. The molecule has 0 heterocycles. The van der Waals surface area contributed by atoms with E-state index in [-0.39, 0.29) is 6.61 Å². The van der Waals surface area contributed by atoms with Gasteiger partial charge in [-0.25, -0.2) is 0 Å². The Morgan fingerprint density at radius 3 is 2.88 bits per heavy atom. The Kier molecular flexibility index (Phi) is 6.43. The second kappa shape index (κ2) is 7.33. The summed E-state index contributed by atoms with van der Waals surface area (Å²) < 4.78 is 1.10. The summed E-state index contributed by atoms with van der Waals surface area (Å²) in [5, 5.41) is 12.3. The average Bonchev–Trinajstić information content (AvgIpc) is 2.27. The van der Waals surface area contributed by atoms with Gasteiger partial charge in [-0.15, -0.1) is 11.8 Å². The third-order valence-corrected chi connectivity index (χ3v) is 3.86. The zero-order valence-electron chi connectivity index (χ0n) is 9.66. The minimum Gasteiger partial charge on any atom is -0.396 e. The maximum absolute atomic E-state index is 8.87. The smallest absolute Gasteiger partial charge is 0.0525 e. The second-order valence-electron chi connectivity index (χ2n) is 3.53. The molecule has 0 amide bonds. The Labute approximate surface area is 110 Å². The van der Waals surface area contributed by atoms with E-state index in [2.05, 4.69) is 47.2 Å². The fourth-order valence-electron chi connectivity index (χ4n) is 1.56.